The van der Waals surface area contributed by atoms with Crippen LogP contribution in [-0.4, -0.2) is 40.3 Å². The molecule has 7 nitrogen and oxygen atoms in total. The molecular weight excluding hydrogens is 348 g/mol. The molecule has 1 heterocycles. The lowest BCUT2D eigenvalue weighted by molar-refractivity contribution is -0.159. The zero-order valence-electron chi connectivity index (χ0n) is 15.8. The summed E-state index contributed by atoms with van der Waals surface area (Å²) in [5.41, 5.74) is 3.70. The van der Waals surface area contributed by atoms with Gasteiger partial charge in [0.15, 0.2) is 0 Å². The molecule has 0 radical (unpaired) electrons. The number of pyridine rings is 1. The minimum absolute atomic E-state index is 0.476. The van der Waals surface area contributed by atoms with Gasteiger partial charge >= 0.3 is 11.9 Å². The van der Waals surface area contributed by atoms with Gasteiger partial charge in [-0.15, -0.1) is 0 Å². The first-order valence-electron chi connectivity index (χ1n) is 8.60. The molecule has 2 rings (SSSR count). The molecule has 3 N–H and O–H groups in total. The molecule has 146 valence electrons. The zero-order chi connectivity index (χ0) is 20.2. The van der Waals surface area contributed by atoms with Gasteiger partial charge in [-0.25, -0.2) is 9.59 Å². The van der Waals surface area contributed by atoms with Crippen LogP contribution in [0.1, 0.15) is 36.5 Å². The van der Waals surface area contributed by atoms with E-state index < -0.39 is 11.9 Å². The van der Waals surface area contributed by atoms with Crippen molar-refractivity contribution < 1.29 is 24.5 Å². The third-order valence-electron chi connectivity index (χ3n) is 3.56. The second-order valence-corrected chi connectivity index (χ2v) is 6.19. The number of nitrogens with zero attached hydrogens (tertiary/aromatic N) is 1. The van der Waals surface area contributed by atoms with E-state index in [1.54, 1.807) is 6.20 Å². The summed E-state index contributed by atoms with van der Waals surface area (Å²) in [5.74, 6) is -2.16. The van der Waals surface area contributed by atoms with Gasteiger partial charge in [0.05, 0.1) is 0 Å². The first-order valence-corrected chi connectivity index (χ1v) is 8.60. The number of hydrogen-bond acceptors (Lipinski definition) is 5. The van der Waals surface area contributed by atoms with E-state index in [0.29, 0.717) is 12.5 Å². The van der Waals surface area contributed by atoms with E-state index >= 15 is 0 Å². The van der Waals surface area contributed by atoms with Crippen molar-refractivity contribution in [1.82, 2.24) is 10.3 Å². The molecule has 0 amide bonds. The highest BCUT2D eigenvalue weighted by atomic mass is 16.5. The summed E-state index contributed by atoms with van der Waals surface area (Å²) in [5, 5.41) is 18.2. The van der Waals surface area contributed by atoms with Crippen LogP contribution in [0.15, 0.2) is 42.7 Å². The predicted molar refractivity (Wildman–Crippen MR) is 102 cm³/mol. The Kier molecular flexibility index (Phi) is 9.53. The molecule has 0 unspecified atom stereocenters. The van der Waals surface area contributed by atoms with E-state index in [0.717, 1.165) is 18.8 Å². The van der Waals surface area contributed by atoms with E-state index in [2.05, 4.69) is 55.3 Å². The molecule has 0 saturated heterocycles. The van der Waals surface area contributed by atoms with Crippen molar-refractivity contribution in [1.29, 1.82) is 0 Å². The average molecular weight is 374 g/mol. The molecule has 0 atom stereocenters. The maximum Gasteiger partial charge on any atom is 0.414 e. The molecule has 0 aliphatic carbocycles. The van der Waals surface area contributed by atoms with Gasteiger partial charge in [-0.05, 0) is 41.7 Å². The number of rotatable bonds is 7. The van der Waals surface area contributed by atoms with Gasteiger partial charge in [0.25, 0.3) is 0 Å². The van der Waals surface area contributed by atoms with Crippen molar-refractivity contribution in [2.45, 2.75) is 33.2 Å². The number of carboxylic acid groups (broad SMARTS) is 2. The van der Waals surface area contributed by atoms with Crippen LogP contribution >= 0.6 is 0 Å². The highest BCUT2D eigenvalue weighted by Crippen LogP contribution is 2.27. The summed E-state index contributed by atoms with van der Waals surface area (Å²) in [7, 11) is 0. The molecule has 0 aliphatic heterocycles. The number of nitrogens with one attached hydrogen (secondary N) is 1. The molecule has 0 aliphatic rings. The third-order valence-corrected chi connectivity index (χ3v) is 3.56. The number of carbonyl (C=O) groups is 2. The van der Waals surface area contributed by atoms with Crippen LogP contribution < -0.4 is 10.1 Å². The minimum atomic E-state index is -1.82. The monoisotopic (exact) mass is 374 g/mol. The Morgan fingerprint density at radius 3 is 2.44 bits per heavy atom. The number of benzene rings is 1. The first kappa shape index (κ1) is 22.1. The number of aliphatic carboxylic acids is 2. The SMILES string of the molecule is Cc1ccc(C(C)C)c(OCCNCc2cccnc2)c1.O=C(O)C(=O)O. The van der Waals surface area contributed by atoms with Crippen molar-refractivity contribution in [2.24, 2.45) is 0 Å². The maximum absolute atomic E-state index is 9.10. The Hall–Kier alpha value is -2.93. The number of hydrogen-bond donors (Lipinski definition) is 3. The van der Waals surface area contributed by atoms with Crippen molar-refractivity contribution in [3.05, 3.63) is 59.4 Å². The Balaban J connectivity index is 0.000000527. The molecule has 0 bridgehead atoms. The third kappa shape index (κ3) is 8.82. The maximum atomic E-state index is 9.10. The van der Waals surface area contributed by atoms with Crippen LogP contribution in [0.3, 0.4) is 0 Å². The summed E-state index contributed by atoms with van der Waals surface area (Å²) in [4.78, 5) is 22.3. The van der Waals surface area contributed by atoms with Crippen LogP contribution in [0.5, 0.6) is 5.75 Å². The Morgan fingerprint density at radius 2 is 1.89 bits per heavy atom. The van der Waals surface area contributed by atoms with E-state index in [9.17, 15) is 0 Å². The standard InChI is InChI=1S/C18H24N2O.C2H2O4/c1-14(2)17-7-6-15(3)11-18(17)21-10-9-20-13-16-5-4-8-19-12-16;3-1(4)2(5)6/h4-8,11-12,14,20H,9-10,13H2,1-3H3;(H,3,4)(H,5,6). The van der Waals surface area contributed by atoms with Crippen molar-refractivity contribution >= 4 is 11.9 Å². The molecule has 0 spiro atoms. The highest BCUT2D eigenvalue weighted by molar-refractivity contribution is 6.27. The van der Waals surface area contributed by atoms with Gasteiger partial charge in [0.1, 0.15) is 12.4 Å². The quantitative estimate of drug-likeness (QED) is 0.505. The molecule has 0 saturated carbocycles. The summed E-state index contributed by atoms with van der Waals surface area (Å²) >= 11 is 0. The minimum Gasteiger partial charge on any atom is -0.492 e. The fourth-order valence-electron chi connectivity index (χ4n) is 2.21. The number of aryl methyl sites for hydroxylation is 1. The summed E-state index contributed by atoms with van der Waals surface area (Å²) < 4.78 is 5.94. The van der Waals surface area contributed by atoms with E-state index in [1.165, 1.54) is 16.7 Å². The fourth-order valence-corrected chi connectivity index (χ4v) is 2.21. The normalized spacial score (nSPS) is 10.1. The van der Waals surface area contributed by atoms with Gasteiger partial charge in [-0.1, -0.05) is 32.0 Å². The summed E-state index contributed by atoms with van der Waals surface area (Å²) in [6.07, 6.45) is 3.67. The lowest BCUT2D eigenvalue weighted by atomic mass is 10.0. The van der Waals surface area contributed by atoms with Crippen molar-refractivity contribution in [3.8, 4) is 5.75 Å². The first-order chi connectivity index (χ1) is 12.8. The van der Waals surface area contributed by atoms with E-state index in [-0.39, 0.29) is 0 Å². The molecule has 1 aromatic heterocycles. The number of carboxylic acids is 2. The van der Waals surface area contributed by atoms with Crippen molar-refractivity contribution in [2.75, 3.05) is 13.2 Å². The van der Waals surface area contributed by atoms with Gasteiger partial charge in [-0.2, -0.15) is 0 Å². The highest BCUT2D eigenvalue weighted by Gasteiger charge is 2.07. The lowest BCUT2D eigenvalue weighted by Gasteiger charge is -2.15. The van der Waals surface area contributed by atoms with Crippen LogP contribution in [0.4, 0.5) is 0 Å². The van der Waals surface area contributed by atoms with Gasteiger partial charge < -0.3 is 20.3 Å². The molecular formula is C20H26N2O5. The molecule has 0 fully saturated rings. The van der Waals surface area contributed by atoms with Gasteiger partial charge in [0, 0.05) is 25.5 Å². The Bertz CT molecular complexity index is 720. The molecule has 7 heteroatoms. The smallest absolute Gasteiger partial charge is 0.414 e. The second-order valence-electron chi connectivity index (χ2n) is 6.19. The van der Waals surface area contributed by atoms with E-state index in [1.807, 2.05) is 12.3 Å². The summed E-state index contributed by atoms with van der Waals surface area (Å²) in [6.45, 7) is 8.79. The second kappa shape index (κ2) is 11.6. The van der Waals surface area contributed by atoms with Crippen molar-refractivity contribution in [3.63, 3.8) is 0 Å². The Morgan fingerprint density at radius 1 is 1.19 bits per heavy atom. The predicted octanol–water partition coefficient (Wildman–Crippen LogP) is 2.84. The largest absolute Gasteiger partial charge is 0.492 e. The Labute approximate surface area is 159 Å². The molecule has 2 aromatic rings. The fraction of sp³-hybridized carbons (Fsp3) is 0.350. The zero-order valence-corrected chi connectivity index (χ0v) is 15.8. The molecule has 27 heavy (non-hydrogen) atoms. The van der Waals surface area contributed by atoms with Crippen LogP contribution in [-0.2, 0) is 16.1 Å². The topological polar surface area (TPSA) is 109 Å². The van der Waals surface area contributed by atoms with Crippen LogP contribution in [0, 0.1) is 6.92 Å². The number of aromatic nitrogens is 1. The molecule has 1 aromatic carbocycles. The van der Waals surface area contributed by atoms with Crippen LogP contribution in [0.2, 0.25) is 0 Å². The summed E-state index contributed by atoms with van der Waals surface area (Å²) in [6, 6.07) is 10.4. The average Bonchev–Trinajstić information content (AvgIpc) is 2.62. The lowest BCUT2D eigenvalue weighted by Crippen LogP contribution is -2.21. The van der Waals surface area contributed by atoms with Gasteiger partial charge in [0.2, 0.25) is 0 Å². The van der Waals surface area contributed by atoms with Crippen LogP contribution in [0.25, 0.3) is 0 Å². The van der Waals surface area contributed by atoms with E-state index in [4.69, 9.17) is 24.5 Å². The van der Waals surface area contributed by atoms with Gasteiger partial charge in [-0.3, -0.25) is 4.98 Å². The number of ether oxygens (including phenoxy) is 1.